The molecule has 2 atom stereocenters. The van der Waals surface area contributed by atoms with Crippen LogP contribution in [-0.2, 0) is 11.2 Å². The largest absolute Gasteiger partial charge is 0.586 e. The van der Waals surface area contributed by atoms with Gasteiger partial charge in [-0.1, -0.05) is 18.2 Å². The van der Waals surface area contributed by atoms with Crippen LogP contribution in [0.1, 0.15) is 30.1 Å². The number of fused-ring (bicyclic) bond motifs is 1. The topological polar surface area (TPSA) is 91.3 Å². The number of alkyl halides is 2. The van der Waals surface area contributed by atoms with Gasteiger partial charge < -0.3 is 29.9 Å². The van der Waals surface area contributed by atoms with Crippen LogP contribution in [0.2, 0.25) is 0 Å². The summed E-state index contributed by atoms with van der Waals surface area (Å²) in [5.74, 6) is -0.439. The predicted octanol–water partition coefficient (Wildman–Crippen LogP) is 2.57. The van der Waals surface area contributed by atoms with E-state index in [1.807, 2.05) is 0 Å². The van der Waals surface area contributed by atoms with E-state index < -0.39 is 18.4 Å². The molecule has 0 radical (unpaired) electrons. The molecule has 1 saturated heterocycles. The number of carbonyl (C=O) groups is 1. The van der Waals surface area contributed by atoms with E-state index >= 15 is 0 Å². The number of phenols is 1. The molecular formula is C22H24F2N2O5. The van der Waals surface area contributed by atoms with Gasteiger partial charge in [-0.2, -0.15) is 0 Å². The first kappa shape index (κ1) is 21.3. The Balaban J connectivity index is 1.49. The van der Waals surface area contributed by atoms with Gasteiger partial charge in [-0.15, -0.1) is 8.78 Å². The standard InChI is InChI=1S/C22H24F2N2O5/c23-22(24)30-18-8-5-15(12-19(18)31-22)21(29)17(13-26-9-1-2-10-26)25-20(28)11-14-3-6-16(27)7-4-14/h3-8,12,17,21,27,29H,1-2,9-11,13H2,(H,25,28)/t17-,21-/m1/s1. The van der Waals surface area contributed by atoms with E-state index in [1.165, 1.54) is 30.3 Å². The molecule has 4 rings (SSSR count). The monoisotopic (exact) mass is 434 g/mol. The van der Waals surface area contributed by atoms with Crippen molar-refractivity contribution >= 4 is 5.91 Å². The lowest BCUT2D eigenvalue weighted by Gasteiger charge is -2.29. The first-order valence-corrected chi connectivity index (χ1v) is 10.2. The Morgan fingerprint density at radius 2 is 1.77 bits per heavy atom. The molecule has 1 amide bonds. The molecule has 1 fully saturated rings. The Morgan fingerprint density at radius 3 is 2.48 bits per heavy atom. The van der Waals surface area contributed by atoms with E-state index in [2.05, 4.69) is 19.7 Å². The van der Waals surface area contributed by atoms with Crippen LogP contribution in [0.4, 0.5) is 8.78 Å². The first-order valence-electron chi connectivity index (χ1n) is 10.2. The molecule has 0 aromatic heterocycles. The van der Waals surface area contributed by atoms with Crippen molar-refractivity contribution in [2.45, 2.75) is 37.7 Å². The van der Waals surface area contributed by atoms with Crippen LogP contribution < -0.4 is 14.8 Å². The molecule has 2 aromatic carbocycles. The molecular weight excluding hydrogens is 410 g/mol. The van der Waals surface area contributed by atoms with E-state index in [9.17, 15) is 23.8 Å². The molecule has 9 heteroatoms. The average molecular weight is 434 g/mol. The van der Waals surface area contributed by atoms with Crippen molar-refractivity contribution in [1.82, 2.24) is 10.2 Å². The van der Waals surface area contributed by atoms with Gasteiger partial charge in [0.1, 0.15) is 11.9 Å². The average Bonchev–Trinajstić information content (AvgIpc) is 3.33. The van der Waals surface area contributed by atoms with Crippen LogP contribution in [-0.4, -0.2) is 53.0 Å². The summed E-state index contributed by atoms with van der Waals surface area (Å²) in [6, 6.07) is 9.77. The third kappa shape index (κ3) is 5.23. The summed E-state index contributed by atoms with van der Waals surface area (Å²) < 4.78 is 35.5. The fraction of sp³-hybridized carbons (Fsp3) is 0.409. The quantitative estimate of drug-likeness (QED) is 0.621. The number of likely N-dealkylation sites (tertiary alicyclic amines) is 1. The number of phenolic OH excluding ortho intramolecular Hbond substituents is 1. The van der Waals surface area contributed by atoms with Gasteiger partial charge in [-0.05, 0) is 61.3 Å². The molecule has 31 heavy (non-hydrogen) atoms. The Hall–Kier alpha value is -2.91. The SMILES string of the molecule is O=C(Cc1ccc(O)cc1)N[C@H](CN1CCCC1)[C@H](O)c1ccc2c(c1)OC(F)(F)O2. The molecule has 2 aliphatic heterocycles. The number of nitrogens with zero attached hydrogens (tertiary/aromatic N) is 1. The van der Waals surface area contributed by atoms with E-state index in [1.54, 1.807) is 12.1 Å². The molecule has 2 aliphatic rings. The summed E-state index contributed by atoms with van der Waals surface area (Å²) in [6.07, 6.45) is -2.70. The zero-order valence-corrected chi connectivity index (χ0v) is 16.8. The predicted molar refractivity (Wildman–Crippen MR) is 107 cm³/mol. The number of ether oxygens (including phenoxy) is 2. The Labute approximate surface area is 178 Å². The van der Waals surface area contributed by atoms with Crippen molar-refractivity contribution in [2.24, 2.45) is 0 Å². The van der Waals surface area contributed by atoms with Crippen LogP contribution in [0.5, 0.6) is 17.2 Å². The second kappa shape index (κ2) is 8.68. The van der Waals surface area contributed by atoms with Crippen molar-refractivity contribution < 1.29 is 33.3 Å². The van der Waals surface area contributed by atoms with Crippen molar-refractivity contribution in [3.05, 3.63) is 53.6 Å². The Bertz CT molecular complexity index is 932. The van der Waals surface area contributed by atoms with Crippen LogP contribution in [0.3, 0.4) is 0 Å². The van der Waals surface area contributed by atoms with Crippen LogP contribution in [0.15, 0.2) is 42.5 Å². The maximum Gasteiger partial charge on any atom is 0.586 e. The second-order valence-electron chi connectivity index (χ2n) is 7.84. The van der Waals surface area contributed by atoms with E-state index in [0.29, 0.717) is 12.1 Å². The molecule has 0 bridgehead atoms. The number of hydrogen-bond acceptors (Lipinski definition) is 6. The highest BCUT2D eigenvalue weighted by atomic mass is 19.3. The van der Waals surface area contributed by atoms with Gasteiger partial charge in [0.2, 0.25) is 5.91 Å². The molecule has 0 saturated carbocycles. The summed E-state index contributed by atoms with van der Waals surface area (Å²) >= 11 is 0. The van der Waals surface area contributed by atoms with Crippen molar-refractivity contribution in [3.8, 4) is 17.2 Å². The third-order valence-electron chi connectivity index (χ3n) is 5.45. The highest BCUT2D eigenvalue weighted by molar-refractivity contribution is 5.79. The minimum atomic E-state index is -3.74. The summed E-state index contributed by atoms with van der Waals surface area (Å²) in [4.78, 5) is 14.8. The lowest BCUT2D eigenvalue weighted by molar-refractivity contribution is -0.286. The molecule has 0 aliphatic carbocycles. The fourth-order valence-corrected chi connectivity index (χ4v) is 3.91. The molecule has 3 N–H and O–H groups in total. The molecule has 7 nitrogen and oxygen atoms in total. The van der Waals surface area contributed by atoms with Crippen molar-refractivity contribution in [1.29, 1.82) is 0 Å². The normalized spacial score (nSPS) is 19.2. The van der Waals surface area contributed by atoms with Gasteiger partial charge in [-0.3, -0.25) is 4.79 Å². The van der Waals surface area contributed by atoms with Gasteiger partial charge in [0.15, 0.2) is 11.5 Å². The number of aliphatic hydroxyl groups excluding tert-OH is 1. The molecule has 0 unspecified atom stereocenters. The maximum atomic E-state index is 13.3. The second-order valence-corrected chi connectivity index (χ2v) is 7.84. The Morgan fingerprint density at radius 1 is 1.10 bits per heavy atom. The molecule has 166 valence electrons. The summed E-state index contributed by atoms with van der Waals surface area (Å²) in [6.45, 7) is 2.15. The fourth-order valence-electron chi connectivity index (χ4n) is 3.91. The van der Waals surface area contributed by atoms with Crippen molar-refractivity contribution in [3.63, 3.8) is 0 Å². The first-order chi connectivity index (χ1) is 14.8. The number of carbonyl (C=O) groups excluding carboxylic acids is 1. The lowest BCUT2D eigenvalue weighted by Crippen LogP contribution is -2.47. The number of hydrogen-bond donors (Lipinski definition) is 3. The zero-order valence-electron chi connectivity index (χ0n) is 16.8. The smallest absolute Gasteiger partial charge is 0.508 e. The van der Waals surface area contributed by atoms with Gasteiger partial charge in [0.25, 0.3) is 0 Å². The van der Waals surface area contributed by atoms with Crippen LogP contribution in [0, 0.1) is 0 Å². The highest BCUT2D eigenvalue weighted by Gasteiger charge is 2.43. The molecule has 2 aromatic rings. The number of nitrogens with one attached hydrogen (secondary N) is 1. The number of halogens is 2. The number of rotatable bonds is 7. The zero-order chi connectivity index (χ0) is 22.0. The van der Waals surface area contributed by atoms with Gasteiger partial charge in [0.05, 0.1) is 12.5 Å². The Kier molecular flexibility index (Phi) is 5.97. The minimum Gasteiger partial charge on any atom is -0.508 e. The van der Waals surface area contributed by atoms with Gasteiger partial charge in [-0.25, -0.2) is 0 Å². The van der Waals surface area contributed by atoms with Crippen molar-refractivity contribution in [2.75, 3.05) is 19.6 Å². The maximum absolute atomic E-state index is 13.3. The third-order valence-corrected chi connectivity index (χ3v) is 5.45. The molecule has 0 spiro atoms. The molecule has 2 heterocycles. The minimum absolute atomic E-state index is 0.0802. The lowest BCUT2D eigenvalue weighted by atomic mass is 10.0. The summed E-state index contributed by atoms with van der Waals surface area (Å²) in [5.41, 5.74) is 1.06. The number of aromatic hydroxyl groups is 1. The van der Waals surface area contributed by atoms with Gasteiger partial charge >= 0.3 is 6.29 Å². The van der Waals surface area contributed by atoms with Crippen LogP contribution in [0.25, 0.3) is 0 Å². The van der Waals surface area contributed by atoms with E-state index in [4.69, 9.17) is 0 Å². The van der Waals surface area contributed by atoms with E-state index in [0.717, 1.165) is 31.5 Å². The highest BCUT2D eigenvalue weighted by Crippen LogP contribution is 2.42. The summed E-state index contributed by atoms with van der Waals surface area (Å²) in [5, 5.41) is 23.3. The van der Waals surface area contributed by atoms with Gasteiger partial charge in [0, 0.05) is 6.54 Å². The number of amides is 1. The van der Waals surface area contributed by atoms with Crippen LogP contribution >= 0.6 is 0 Å². The van der Waals surface area contributed by atoms with E-state index in [-0.39, 0.29) is 29.6 Å². The summed E-state index contributed by atoms with van der Waals surface area (Å²) in [7, 11) is 0. The number of aliphatic hydroxyl groups is 1. The number of benzene rings is 2.